The maximum atomic E-state index is 12.4. The molecule has 3 rings (SSSR count). The highest BCUT2D eigenvalue weighted by Crippen LogP contribution is 2.40. The maximum absolute atomic E-state index is 12.4. The van der Waals surface area contributed by atoms with Crippen molar-refractivity contribution < 1.29 is 7.86 Å². The minimum atomic E-state index is -0.486. The molecule has 0 unspecified atom stereocenters. The van der Waals surface area contributed by atoms with E-state index in [4.69, 9.17) is 0 Å². The molecule has 0 spiro atoms. The summed E-state index contributed by atoms with van der Waals surface area (Å²) in [6.45, 7) is 1.82. The van der Waals surface area contributed by atoms with Gasteiger partial charge in [0.1, 0.15) is 17.9 Å². The summed E-state index contributed by atoms with van der Waals surface area (Å²) in [4.78, 5) is 23.7. The molecular weight excluding hydrogens is 373 g/mol. The third kappa shape index (κ3) is 2.34. The number of hydrogen-bond acceptors (Lipinski definition) is 4. The Kier molecular flexibility index (Phi) is 3.53. The van der Waals surface area contributed by atoms with Crippen LogP contribution >= 0.6 is 23.0 Å². The lowest BCUT2D eigenvalue weighted by atomic mass is 10.2. The van der Waals surface area contributed by atoms with Crippen molar-refractivity contribution in [1.29, 1.82) is 0 Å². The van der Waals surface area contributed by atoms with Gasteiger partial charge in [-0.25, -0.2) is 9.48 Å². The summed E-state index contributed by atoms with van der Waals surface area (Å²) in [7, 11) is 0. The summed E-state index contributed by atoms with van der Waals surface area (Å²) in [5, 5.41) is 4.26. The van der Waals surface area contributed by atoms with Gasteiger partial charge in [0, 0.05) is 12.6 Å². The Hall–Kier alpha value is -1.38. The van der Waals surface area contributed by atoms with Crippen LogP contribution in [0.15, 0.2) is 17.1 Å². The van der Waals surface area contributed by atoms with Crippen molar-refractivity contribution in [3.8, 4) is 0 Å². The quantitative estimate of drug-likeness (QED) is 0.751. The Morgan fingerprint density at radius 2 is 2.30 bits per heavy atom. The molecule has 0 atom stereocenters. The van der Waals surface area contributed by atoms with Crippen molar-refractivity contribution in [2.24, 2.45) is 0 Å². The zero-order valence-corrected chi connectivity index (χ0v) is 13.2. The van der Waals surface area contributed by atoms with E-state index in [0.29, 0.717) is 17.9 Å². The van der Waals surface area contributed by atoms with Crippen LogP contribution in [0.2, 0.25) is 0 Å². The average molecular weight is 387 g/mol. The topological polar surface area (TPSA) is 65.6 Å². The van der Waals surface area contributed by atoms with Crippen LogP contribution in [0, 0.1) is 0 Å². The average Bonchev–Trinajstić information content (AvgIpc) is 3.21. The SMILES string of the molecule is CCc1nn(CC(=O)OI)c(=O)c2cc(C3CC3)cn12. The summed E-state index contributed by atoms with van der Waals surface area (Å²) in [5.74, 6) is 0.861. The van der Waals surface area contributed by atoms with E-state index in [0.717, 1.165) is 5.82 Å². The molecule has 1 aliphatic carbocycles. The molecule has 0 aliphatic heterocycles. The third-order valence-electron chi connectivity index (χ3n) is 3.54. The van der Waals surface area contributed by atoms with Crippen molar-refractivity contribution >= 4 is 34.5 Å². The van der Waals surface area contributed by atoms with E-state index >= 15 is 0 Å². The monoisotopic (exact) mass is 387 g/mol. The molecule has 2 heterocycles. The molecule has 0 bridgehead atoms. The minimum absolute atomic E-state index is 0.158. The van der Waals surface area contributed by atoms with E-state index in [1.165, 1.54) is 46.1 Å². The molecule has 6 nitrogen and oxygen atoms in total. The molecule has 7 heteroatoms. The van der Waals surface area contributed by atoms with Crippen LogP contribution in [0.4, 0.5) is 0 Å². The summed E-state index contributed by atoms with van der Waals surface area (Å²) in [6, 6.07) is 1.92. The van der Waals surface area contributed by atoms with Gasteiger partial charge < -0.3 is 3.07 Å². The van der Waals surface area contributed by atoms with Crippen molar-refractivity contribution in [3.63, 3.8) is 0 Å². The van der Waals surface area contributed by atoms with Gasteiger partial charge in [0.2, 0.25) is 0 Å². The van der Waals surface area contributed by atoms with E-state index in [2.05, 4.69) is 8.16 Å². The first-order chi connectivity index (χ1) is 9.63. The van der Waals surface area contributed by atoms with Crippen molar-refractivity contribution in [3.05, 3.63) is 34.0 Å². The van der Waals surface area contributed by atoms with Gasteiger partial charge in [-0.2, -0.15) is 5.10 Å². The lowest BCUT2D eigenvalue weighted by Gasteiger charge is -2.07. The fraction of sp³-hybridized carbons (Fsp3) is 0.462. The van der Waals surface area contributed by atoms with E-state index in [1.807, 2.05) is 23.6 Å². The Morgan fingerprint density at radius 3 is 2.90 bits per heavy atom. The second-order valence-corrected chi connectivity index (χ2v) is 5.43. The molecular formula is C13H14IN3O3. The van der Waals surface area contributed by atoms with Gasteiger partial charge in [0.25, 0.3) is 5.56 Å². The summed E-state index contributed by atoms with van der Waals surface area (Å²) >= 11 is 1.51. The third-order valence-corrected chi connectivity index (χ3v) is 4.03. The lowest BCUT2D eigenvalue weighted by Crippen LogP contribution is -2.29. The number of nitrogens with zero attached hydrogens (tertiary/aromatic N) is 3. The number of carbonyl (C=O) groups excluding carboxylic acids is 1. The smallest absolute Gasteiger partial charge is 0.337 e. The van der Waals surface area contributed by atoms with Crippen LogP contribution in [0.5, 0.6) is 0 Å². The Bertz CT molecular complexity index is 730. The van der Waals surface area contributed by atoms with Gasteiger partial charge in [0.05, 0.1) is 0 Å². The number of carbonyl (C=O) groups is 1. The zero-order valence-electron chi connectivity index (χ0n) is 11.0. The Balaban J connectivity index is 2.15. The molecule has 2 aromatic rings. The Morgan fingerprint density at radius 1 is 1.55 bits per heavy atom. The number of aryl methyl sites for hydroxylation is 1. The van der Waals surface area contributed by atoms with Crippen molar-refractivity contribution in [1.82, 2.24) is 14.2 Å². The molecule has 0 radical (unpaired) electrons. The number of rotatable bonds is 4. The van der Waals surface area contributed by atoms with E-state index < -0.39 is 5.97 Å². The maximum Gasteiger partial charge on any atom is 0.337 e. The number of fused-ring (bicyclic) bond motifs is 1. The first-order valence-electron chi connectivity index (χ1n) is 6.57. The fourth-order valence-corrected chi connectivity index (χ4v) is 2.50. The van der Waals surface area contributed by atoms with Crippen LogP contribution in [-0.4, -0.2) is 20.2 Å². The van der Waals surface area contributed by atoms with Gasteiger partial charge in [-0.05, 0) is 30.4 Å². The van der Waals surface area contributed by atoms with Crippen molar-refractivity contribution in [2.45, 2.75) is 38.6 Å². The van der Waals surface area contributed by atoms with E-state index in [1.54, 1.807) is 0 Å². The van der Waals surface area contributed by atoms with Gasteiger partial charge in [-0.3, -0.25) is 9.20 Å². The molecule has 20 heavy (non-hydrogen) atoms. The predicted octanol–water partition coefficient (Wildman–Crippen LogP) is 1.83. The highest BCUT2D eigenvalue weighted by atomic mass is 127. The summed E-state index contributed by atoms with van der Waals surface area (Å²) < 4.78 is 7.61. The first-order valence-corrected chi connectivity index (χ1v) is 7.45. The molecule has 2 aromatic heterocycles. The number of aromatic nitrogens is 3. The lowest BCUT2D eigenvalue weighted by molar-refractivity contribution is -0.132. The molecule has 0 N–H and O–H groups in total. The summed E-state index contributed by atoms with van der Waals surface area (Å²) in [6.07, 6.45) is 5.05. The van der Waals surface area contributed by atoms with E-state index in [-0.39, 0.29) is 12.1 Å². The Labute approximate surface area is 129 Å². The highest BCUT2D eigenvalue weighted by molar-refractivity contribution is 14.1. The van der Waals surface area contributed by atoms with Crippen LogP contribution in [0.1, 0.15) is 37.1 Å². The molecule has 1 saturated carbocycles. The van der Waals surface area contributed by atoms with Crippen LogP contribution < -0.4 is 5.56 Å². The minimum Gasteiger partial charge on any atom is -0.393 e. The second kappa shape index (κ2) is 5.19. The van der Waals surface area contributed by atoms with E-state index in [9.17, 15) is 9.59 Å². The standard InChI is InChI=1S/C13H14IN3O3/c1-2-11-15-17(7-12(18)20-14)13(19)10-5-9(6-16(10)11)8-3-4-8/h5-6,8H,2-4,7H2,1H3. The van der Waals surface area contributed by atoms with Gasteiger partial charge in [-0.15, -0.1) is 0 Å². The molecule has 1 aliphatic rings. The van der Waals surface area contributed by atoms with Gasteiger partial charge in [-0.1, -0.05) is 6.92 Å². The van der Waals surface area contributed by atoms with Crippen LogP contribution in [0.25, 0.3) is 5.52 Å². The summed E-state index contributed by atoms with van der Waals surface area (Å²) in [5.41, 5.74) is 1.52. The molecule has 106 valence electrons. The first kappa shape index (κ1) is 13.6. The molecule has 0 saturated heterocycles. The van der Waals surface area contributed by atoms with Gasteiger partial charge in [0.15, 0.2) is 23.0 Å². The normalized spacial score (nSPS) is 14.7. The second-order valence-electron chi connectivity index (χ2n) is 4.98. The molecule has 1 fully saturated rings. The number of halogens is 1. The zero-order chi connectivity index (χ0) is 14.3. The number of hydrogen-bond donors (Lipinski definition) is 0. The highest BCUT2D eigenvalue weighted by Gasteiger charge is 2.26. The van der Waals surface area contributed by atoms with Gasteiger partial charge >= 0.3 is 5.97 Å². The van der Waals surface area contributed by atoms with Crippen LogP contribution in [0.3, 0.4) is 0 Å². The molecule has 0 aromatic carbocycles. The van der Waals surface area contributed by atoms with Crippen molar-refractivity contribution in [2.75, 3.05) is 0 Å². The molecule has 0 amide bonds. The van der Waals surface area contributed by atoms with Crippen LogP contribution in [-0.2, 0) is 20.8 Å². The predicted molar refractivity (Wildman–Crippen MR) is 80.9 cm³/mol. The largest absolute Gasteiger partial charge is 0.393 e. The fourth-order valence-electron chi connectivity index (χ4n) is 2.36.